The highest BCUT2D eigenvalue weighted by atomic mass is 15.3. The lowest BCUT2D eigenvalue weighted by Crippen LogP contribution is -2.55. The molecule has 0 heterocycles. The molecule has 57 heavy (non-hydrogen) atoms. The van der Waals surface area contributed by atoms with Gasteiger partial charge in [0.1, 0.15) is 0 Å². The van der Waals surface area contributed by atoms with Gasteiger partial charge in [0.05, 0.1) is 0 Å². The van der Waals surface area contributed by atoms with Crippen LogP contribution in [0.3, 0.4) is 0 Å². The molecule has 0 bridgehead atoms. The number of rotatable bonds is 16. The van der Waals surface area contributed by atoms with E-state index < -0.39 is 5.41 Å². The summed E-state index contributed by atoms with van der Waals surface area (Å²) in [4.78, 5) is 10.1. The molecule has 0 spiro atoms. The highest BCUT2D eigenvalue weighted by Crippen LogP contribution is 2.41. The Balaban J connectivity index is 1.40. The molecule has 4 nitrogen and oxygen atoms in total. The minimum atomic E-state index is -0.477. The molecule has 0 unspecified atom stereocenters. The van der Waals surface area contributed by atoms with Crippen LogP contribution in [0.1, 0.15) is 0 Å². The van der Waals surface area contributed by atoms with Gasteiger partial charge in [0.15, 0.2) is 0 Å². The Kier molecular flexibility index (Phi) is 11.7. The zero-order valence-electron chi connectivity index (χ0n) is 32.2. The van der Waals surface area contributed by atoms with Gasteiger partial charge >= 0.3 is 0 Å². The molecule has 0 fully saturated rings. The fraction of sp³-hybridized carbons (Fsp3) is 0.0943. The first-order chi connectivity index (χ1) is 28.2. The summed E-state index contributed by atoms with van der Waals surface area (Å²) in [5, 5.41) is 0. The van der Waals surface area contributed by atoms with Gasteiger partial charge in [-0.25, -0.2) is 0 Å². The largest absolute Gasteiger partial charge is 0.341 e. The van der Waals surface area contributed by atoms with Gasteiger partial charge in [0.25, 0.3) is 0 Å². The molecular weight excluding hydrogens is 693 g/mol. The molecule has 0 radical (unpaired) electrons. The third-order valence-electron chi connectivity index (χ3n) is 10.5. The van der Waals surface area contributed by atoms with Gasteiger partial charge in [0, 0.05) is 77.1 Å². The number of nitrogens with zero attached hydrogens (tertiary/aromatic N) is 4. The van der Waals surface area contributed by atoms with Gasteiger partial charge < -0.3 is 19.6 Å². The zero-order valence-corrected chi connectivity index (χ0v) is 32.2. The first-order valence-corrected chi connectivity index (χ1v) is 19.8. The van der Waals surface area contributed by atoms with Crippen molar-refractivity contribution in [2.24, 2.45) is 5.41 Å². The smallest absolute Gasteiger partial charge is 0.0421 e. The SMILES string of the molecule is c1ccc(N(CC(CN(c2ccccc2)c2ccccc2)(CN(c2ccccc2)c2ccccc2)CN(c2ccccc2)c2ccccc2)c2ccccc2)cc1. The molecule has 0 amide bonds. The number of hydrogen-bond donors (Lipinski definition) is 0. The predicted molar refractivity (Wildman–Crippen MR) is 242 cm³/mol. The molecule has 0 aliphatic carbocycles. The fourth-order valence-electron chi connectivity index (χ4n) is 7.83. The van der Waals surface area contributed by atoms with Crippen molar-refractivity contribution in [3.8, 4) is 0 Å². The highest BCUT2D eigenvalue weighted by Gasteiger charge is 2.41. The molecule has 0 saturated heterocycles. The van der Waals surface area contributed by atoms with E-state index >= 15 is 0 Å². The van der Waals surface area contributed by atoms with Crippen LogP contribution in [0.25, 0.3) is 0 Å². The molecule has 0 aliphatic rings. The van der Waals surface area contributed by atoms with E-state index in [1.807, 2.05) is 0 Å². The number of benzene rings is 8. The number of anilines is 8. The molecule has 8 aromatic rings. The third kappa shape index (κ3) is 9.09. The van der Waals surface area contributed by atoms with Crippen LogP contribution in [-0.4, -0.2) is 26.2 Å². The predicted octanol–water partition coefficient (Wildman–Crippen LogP) is 13.3. The minimum absolute atomic E-state index is 0.477. The van der Waals surface area contributed by atoms with Crippen molar-refractivity contribution in [3.05, 3.63) is 243 Å². The monoisotopic (exact) mass is 740 g/mol. The van der Waals surface area contributed by atoms with Crippen molar-refractivity contribution < 1.29 is 0 Å². The Hall–Kier alpha value is -7.04. The molecule has 0 saturated carbocycles. The molecule has 0 N–H and O–H groups in total. The first kappa shape index (κ1) is 36.9. The Morgan fingerprint density at radius 3 is 0.439 bits per heavy atom. The third-order valence-corrected chi connectivity index (χ3v) is 10.5. The molecule has 0 atom stereocenters. The summed E-state index contributed by atoms with van der Waals surface area (Å²) in [6.07, 6.45) is 0. The summed E-state index contributed by atoms with van der Waals surface area (Å²) in [6, 6.07) is 87.0. The van der Waals surface area contributed by atoms with Crippen LogP contribution in [0.5, 0.6) is 0 Å². The lowest BCUT2D eigenvalue weighted by Gasteiger charge is -2.48. The van der Waals surface area contributed by atoms with Crippen LogP contribution in [0.15, 0.2) is 243 Å². The Labute approximate surface area is 338 Å². The summed E-state index contributed by atoms with van der Waals surface area (Å²) in [5.41, 5.74) is 8.72. The van der Waals surface area contributed by atoms with Crippen LogP contribution >= 0.6 is 0 Å². The summed E-state index contributed by atoms with van der Waals surface area (Å²) in [6.45, 7) is 2.79. The van der Waals surface area contributed by atoms with Gasteiger partial charge in [-0.3, -0.25) is 0 Å². The van der Waals surface area contributed by atoms with Gasteiger partial charge in [0.2, 0.25) is 0 Å². The maximum Gasteiger partial charge on any atom is 0.0421 e. The van der Waals surface area contributed by atoms with E-state index in [4.69, 9.17) is 0 Å². The minimum Gasteiger partial charge on any atom is -0.341 e. The molecule has 280 valence electrons. The molecular formula is C53H48N4. The van der Waals surface area contributed by atoms with E-state index in [1.54, 1.807) is 0 Å². The Morgan fingerprint density at radius 1 is 0.193 bits per heavy atom. The maximum atomic E-state index is 2.52. The Bertz CT molecular complexity index is 1840. The van der Waals surface area contributed by atoms with Crippen LogP contribution < -0.4 is 19.6 Å². The molecule has 8 rings (SSSR count). The van der Waals surface area contributed by atoms with Crippen LogP contribution in [-0.2, 0) is 0 Å². The van der Waals surface area contributed by atoms with Gasteiger partial charge in [-0.2, -0.15) is 0 Å². The quantitative estimate of drug-likeness (QED) is 0.0978. The van der Waals surface area contributed by atoms with E-state index in [1.165, 1.54) is 0 Å². The van der Waals surface area contributed by atoms with Crippen molar-refractivity contribution in [2.75, 3.05) is 45.8 Å². The second-order valence-electron chi connectivity index (χ2n) is 14.5. The molecule has 0 aliphatic heterocycles. The average molecular weight is 741 g/mol. The van der Waals surface area contributed by atoms with E-state index in [-0.39, 0.29) is 0 Å². The Morgan fingerprint density at radius 2 is 0.316 bits per heavy atom. The van der Waals surface area contributed by atoms with Gasteiger partial charge in [-0.15, -0.1) is 0 Å². The standard InChI is InChI=1S/C53H48N4/c1-9-25-45(26-10-1)54(46-27-11-2-12-28-46)41-53(42-55(47-29-13-3-14-30-47)48-31-15-4-16-32-48,43-56(49-33-17-5-18-34-49)50-35-19-6-20-36-50)44-57(51-37-21-7-22-38-51)52-39-23-8-24-40-52/h1-40H,41-44H2. The van der Waals surface area contributed by atoms with E-state index in [9.17, 15) is 0 Å². The normalized spacial score (nSPS) is 11.1. The topological polar surface area (TPSA) is 13.0 Å². The van der Waals surface area contributed by atoms with E-state index in [2.05, 4.69) is 262 Å². The van der Waals surface area contributed by atoms with Crippen LogP contribution in [0, 0.1) is 5.41 Å². The van der Waals surface area contributed by atoms with Crippen molar-refractivity contribution in [3.63, 3.8) is 0 Å². The van der Waals surface area contributed by atoms with Crippen molar-refractivity contribution in [1.82, 2.24) is 0 Å². The second kappa shape index (κ2) is 18.1. The number of para-hydroxylation sites is 8. The van der Waals surface area contributed by atoms with Crippen LogP contribution in [0.4, 0.5) is 45.5 Å². The van der Waals surface area contributed by atoms with Gasteiger partial charge in [-0.05, 0) is 97.1 Å². The maximum absolute atomic E-state index is 2.52. The number of hydrogen-bond acceptors (Lipinski definition) is 4. The lowest BCUT2D eigenvalue weighted by molar-refractivity contribution is 0.326. The summed E-state index contributed by atoms with van der Waals surface area (Å²) < 4.78 is 0. The molecule has 8 aromatic carbocycles. The second-order valence-corrected chi connectivity index (χ2v) is 14.5. The van der Waals surface area contributed by atoms with E-state index in [0.717, 1.165) is 45.5 Å². The van der Waals surface area contributed by atoms with Crippen molar-refractivity contribution in [1.29, 1.82) is 0 Å². The lowest BCUT2D eigenvalue weighted by atomic mass is 9.83. The molecule has 4 heteroatoms. The van der Waals surface area contributed by atoms with Gasteiger partial charge in [-0.1, -0.05) is 146 Å². The fourth-order valence-corrected chi connectivity index (χ4v) is 7.83. The zero-order chi connectivity index (χ0) is 38.5. The van der Waals surface area contributed by atoms with Crippen LogP contribution in [0.2, 0.25) is 0 Å². The first-order valence-electron chi connectivity index (χ1n) is 19.8. The van der Waals surface area contributed by atoms with Crippen molar-refractivity contribution >= 4 is 45.5 Å². The average Bonchev–Trinajstić information content (AvgIpc) is 3.31. The summed E-state index contributed by atoms with van der Waals surface area (Å²) in [7, 11) is 0. The molecule has 0 aromatic heterocycles. The summed E-state index contributed by atoms with van der Waals surface area (Å²) in [5.74, 6) is 0. The van der Waals surface area contributed by atoms with Crippen molar-refractivity contribution in [2.45, 2.75) is 0 Å². The highest BCUT2D eigenvalue weighted by molar-refractivity contribution is 5.69. The summed E-state index contributed by atoms with van der Waals surface area (Å²) >= 11 is 0. The van der Waals surface area contributed by atoms with E-state index in [0.29, 0.717) is 26.2 Å².